The summed E-state index contributed by atoms with van der Waals surface area (Å²) in [5.74, 6) is -2.88. The number of benzene rings is 1. The first-order valence-electron chi connectivity index (χ1n) is 14.9. The zero-order valence-corrected chi connectivity index (χ0v) is 24.0. The van der Waals surface area contributed by atoms with Gasteiger partial charge in [-0.2, -0.15) is 0 Å². The molecule has 4 rings (SSSR count). The van der Waals surface area contributed by atoms with Gasteiger partial charge in [-0.1, -0.05) is 56.4 Å². The van der Waals surface area contributed by atoms with Gasteiger partial charge in [0.15, 0.2) is 0 Å². The van der Waals surface area contributed by atoms with Crippen molar-refractivity contribution in [2.45, 2.75) is 77.3 Å². The van der Waals surface area contributed by atoms with Crippen LogP contribution in [0.5, 0.6) is 0 Å². The summed E-state index contributed by atoms with van der Waals surface area (Å²) >= 11 is 0. The Hall–Kier alpha value is -3.82. The van der Waals surface area contributed by atoms with E-state index in [1.807, 2.05) is 30.3 Å². The largest absolute Gasteiger partial charge is 0.356 e. The zero-order valence-electron chi connectivity index (χ0n) is 24.0. The molecule has 10 nitrogen and oxygen atoms in total. The number of aromatic nitrogens is 1. The Balaban J connectivity index is 1.55. The predicted octanol–water partition coefficient (Wildman–Crippen LogP) is 2.75. The van der Waals surface area contributed by atoms with E-state index in [4.69, 9.17) is 0 Å². The van der Waals surface area contributed by atoms with E-state index in [0.29, 0.717) is 38.0 Å². The van der Waals surface area contributed by atoms with Gasteiger partial charge in [0.1, 0.15) is 11.7 Å². The van der Waals surface area contributed by atoms with E-state index in [1.165, 1.54) is 4.90 Å². The lowest BCUT2D eigenvalue weighted by Gasteiger charge is -2.29. The van der Waals surface area contributed by atoms with Gasteiger partial charge in [-0.05, 0) is 51.2 Å². The van der Waals surface area contributed by atoms with Crippen LogP contribution < -0.4 is 16.0 Å². The molecule has 3 N–H and O–H groups in total. The molecule has 2 aromatic rings. The Bertz CT molecular complexity index is 1270. The Labute approximate surface area is 241 Å². The average Bonchev–Trinajstić information content (AvgIpc) is 3.40. The minimum atomic E-state index is -1.17. The second-order valence-corrected chi connectivity index (χ2v) is 11.1. The summed E-state index contributed by atoms with van der Waals surface area (Å²) < 4.78 is 0. The SMILES string of the molecule is CCN(CC)C(=O)C(=O)[C@H](C[C@@H]1CCNC1=O)NC(=O)[C@H](CC1CCCCC1)NC(=O)c1ccc2ccccc2n1. The van der Waals surface area contributed by atoms with Crippen LogP contribution in [0.3, 0.4) is 0 Å². The minimum absolute atomic E-state index is 0.0275. The van der Waals surface area contributed by atoms with Crippen molar-refractivity contribution in [2.24, 2.45) is 11.8 Å². The molecule has 1 saturated heterocycles. The number of amides is 4. The molecule has 1 aliphatic heterocycles. The number of rotatable bonds is 12. The molecule has 0 spiro atoms. The van der Waals surface area contributed by atoms with Crippen molar-refractivity contribution in [1.29, 1.82) is 0 Å². The van der Waals surface area contributed by atoms with Crippen molar-refractivity contribution in [2.75, 3.05) is 19.6 Å². The highest BCUT2D eigenvalue weighted by Gasteiger charge is 2.37. The smallest absolute Gasteiger partial charge is 0.292 e. The quantitative estimate of drug-likeness (QED) is 0.340. The molecule has 10 heteroatoms. The van der Waals surface area contributed by atoms with Crippen LogP contribution in [0.1, 0.15) is 75.7 Å². The highest BCUT2D eigenvalue weighted by molar-refractivity contribution is 6.38. The third-order valence-corrected chi connectivity index (χ3v) is 8.32. The van der Waals surface area contributed by atoms with E-state index in [9.17, 15) is 24.0 Å². The van der Waals surface area contributed by atoms with Crippen molar-refractivity contribution in [3.63, 3.8) is 0 Å². The highest BCUT2D eigenvalue weighted by atomic mass is 16.2. The standard InChI is InChI=1S/C31H41N5O5/c1-3-36(4-2)31(41)27(37)25(19-22-16-17-32-28(22)38)34-30(40)26(18-20-10-6-5-7-11-20)35-29(39)24-15-14-21-12-8-9-13-23(21)33-24/h8-9,12-15,20,22,25-26H,3-7,10-11,16-19H2,1-2H3,(H,32,38)(H,34,40)(H,35,39)/t22-,25-,26-/m0/s1. The fraction of sp³-hybridized carbons (Fsp3) is 0.548. The van der Waals surface area contributed by atoms with E-state index < -0.39 is 41.5 Å². The van der Waals surface area contributed by atoms with E-state index in [0.717, 1.165) is 37.5 Å². The van der Waals surface area contributed by atoms with Gasteiger partial charge in [-0.25, -0.2) is 4.98 Å². The maximum absolute atomic E-state index is 13.8. The Morgan fingerprint density at radius 3 is 2.34 bits per heavy atom. The molecule has 0 radical (unpaired) electrons. The number of hydrogen-bond acceptors (Lipinski definition) is 6. The summed E-state index contributed by atoms with van der Waals surface area (Å²) in [5, 5.41) is 9.29. The lowest BCUT2D eigenvalue weighted by Crippen LogP contribution is -2.55. The summed E-state index contributed by atoms with van der Waals surface area (Å²) in [6.07, 6.45) is 6.16. The number of hydrogen-bond donors (Lipinski definition) is 3. The van der Waals surface area contributed by atoms with Crippen LogP contribution in [-0.4, -0.2) is 71.0 Å². The number of para-hydroxylation sites is 1. The van der Waals surface area contributed by atoms with Crippen LogP contribution in [0.2, 0.25) is 0 Å². The molecule has 3 atom stereocenters. The molecule has 4 amide bonds. The van der Waals surface area contributed by atoms with Crippen LogP contribution in [-0.2, 0) is 19.2 Å². The maximum Gasteiger partial charge on any atom is 0.292 e. The molecule has 0 bridgehead atoms. The first kappa shape index (κ1) is 30.1. The Morgan fingerprint density at radius 1 is 0.927 bits per heavy atom. The lowest BCUT2D eigenvalue weighted by atomic mass is 9.84. The van der Waals surface area contributed by atoms with Crippen molar-refractivity contribution >= 4 is 40.3 Å². The Kier molecular flexibility index (Phi) is 10.4. The number of likely N-dealkylation sites (N-methyl/N-ethyl adjacent to an activating group) is 1. The van der Waals surface area contributed by atoms with E-state index in [2.05, 4.69) is 20.9 Å². The van der Waals surface area contributed by atoms with E-state index >= 15 is 0 Å². The third-order valence-electron chi connectivity index (χ3n) is 8.32. The van der Waals surface area contributed by atoms with Crippen LogP contribution in [0.25, 0.3) is 10.9 Å². The number of carbonyl (C=O) groups excluding carboxylic acids is 5. The van der Waals surface area contributed by atoms with Crippen LogP contribution in [0.15, 0.2) is 36.4 Å². The number of nitrogens with one attached hydrogen (secondary N) is 3. The van der Waals surface area contributed by atoms with Crippen LogP contribution in [0, 0.1) is 11.8 Å². The lowest BCUT2D eigenvalue weighted by molar-refractivity contribution is -0.146. The molecule has 1 aromatic carbocycles. The molecule has 1 aliphatic carbocycles. The summed E-state index contributed by atoms with van der Waals surface area (Å²) in [7, 11) is 0. The monoisotopic (exact) mass is 563 g/mol. The van der Waals surface area contributed by atoms with Gasteiger partial charge < -0.3 is 20.9 Å². The van der Waals surface area contributed by atoms with Gasteiger partial charge in [-0.3, -0.25) is 24.0 Å². The number of carbonyl (C=O) groups is 5. The maximum atomic E-state index is 13.8. The molecular weight excluding hydrogens is 522 g/mol. The number of fused-ring (bicyclic) bond motifs is 1. The molecule has 2 fully saturated rings. The summed E-state index contributed by atoms with van der Waals surface area (Å²) in [6, 6.07) is 8.81. The normalized spacial score (nSPS) is 18.8. The molecule has 1 aromatic heterocycles. The second-order valence-electron chi connectivity index (χ2n) is 11.1. The molecule has 41 heavy (non-hydrogen) atoms. The van der Waals surface area contributed by atoms with Crippen molar-refractivity contribution in [3.05, 3.63) is 42.1 Å². The topological polar surface area (TPSA) is 138 Å². The van der Waals surface area contributed by atoms with Gasteiger partial charge >= 0.3 is 0 Å². The van der Waals surface area contributed by atoms with Crippen molar-refractivity contribution in [3.8, 4) is 0 Å². The summed E-state index contributed by atoms with van der Waals surface area (Å²) in [6.45, 7) is 4.75. The van der Waals surface area contributed by atoms with Gasteiger partial charge in [0.2, 0.25) is 17.6 Å². The van der Waals surface area contributed by atoms with Gasteiger partial charge in [0.25, 0.3) is 11.8 Å². The van der Waals surface area contributed by atoms with E-state index in [-0.39, 0.29) is 23.9 Å². The summed E-state index contributed by atoms with van der Waals surface area (Å²) in [4.78, 5) is 71.7. The van der Waals surface area contributed by atoms with Gasteiger partial charge in [0.05, 0.1) is 11.6 Å². The van der Waals surface area contributed by atoms with E-state index in [1.54, 1.807) is 19.9 Å². The predicted molar refractivity (Wildman–Crippen MR) is 155 cm³/mol. The minimum Gasteiger partial charge on any atom is -0.356 e. The summed E-state index contributed by atoms with van der Waals surface area (Å²) in [5.41, 5.74) is 0.862. The van der Waals surface area contributed by atoms with Crippen molar-refractivity contribution in [1.82, 2.24) is 25.8 Å². The number of pyridine rings is 1. The van der Waals surface area contributed by atoms with Crippen molar-refractivity contribution < 1.29 is 24.0 Å². The zero-order chi connectivity index (χ0) is 29.4. The number of Topliss-reactive ketones (excluding diaryl/α,β-unsaturated/α-hetero) is 1. The molecular formula is C31H41N5O5. The average molecular weight is 564 g/mol. The fourth-order valence-electron chi connectivity index (χ4n) is 5.89. The molecule has 2 aliphatic rings. The first-order valence-corrected chi connectivity index (χ1v) is 14.9. The van der Waals surface area contributed by atoms with Gasteiger partial charge in [0, 0.05) is 30.9 Å². The molecule has 2 heterocycles. The highest BCUT2D eigenvalue weighted by Crippen LogP contribution is 2.28. The van der Waals surface area contributed by atoms with Crippen LogP contribution >= 0.6 is 0 Å². The number of ketones is 1. The Morgan fingerprint density at radius 2 is 1.66 bits per heavy atom. The molecule has 220 valence electrons. The molecule has 0 unspecified atom stereocenters. The first-order chi connectivity index (χ1) is 19.8. The van der Waals surface area contributed by atoms with Gasteiger partial charge in [-0.15, -0.1) is 0 Å². The fourth-order valence-corrected chi connectivity index (χ4v) is 5.89. The third kappa shape index (κ3) is 7.68. The van der Waals surface area contributed by atoms with Crippen LogP contribution in [0.4, 0.5) is 0 Å². The number of nitrogens with zero attached hydrogens (tertiary/aromatic N) is 2. The molecule has 1 saturated carbocycles. The second kappa shape index (κ2) is 14.2.